The monoisotopic (exact) mass is 346 g/mol. The predicted molar refractivity (Wildman–Crippen MR) is 88.1 cm³/mol. The molecule has 0 aliphatic rings. The van der Waals surface area contributed by atoms with Gasteiger partial charge in [-0.2, -0.15) is 10.4 Å². The van der Waals surface area contributed by atoms with Crippen molar-refractivity contribution in [2.24, 2.45) is 0 Å². The molecule has 0 radical (unpaired) electrons. The van der Waals surface area contributed by atoms with Gasteiger partial charge in [-0.1, -0.05) is 12.6 Å². The lowest BCUT2D eigenvalue weighted by molar-refractivity contribution is -0.133. The highest BCUT2D eigenvalue weighted by molar-refractivity contribution is 6.15. The number of nitrogens with two attached hydrogens (primary N) is 1. The standard InChI is InChI=1S/C17H16F2N4O2/c1-8(2)23-16(21)12(7-20)15(22-23)11-6-5-10(13(18)14(11)19)9(3)17(24)25-4/h5-6,8H,3,21H2,1-2,4H3. The summed E-state index contributed by atoms with van der Waals surface area (Å²) in [5.74, 6) is -3.35. The smallest absolute Gasteiger partial charge is 0.337 e. The van der Waals surface area contributed by atoms with E-state index in [2.05, 4.69) is 16.4 Å². The van der Waals surface area contributed by atoms with Crippen LogP contribution in [0.2, 0.25) is 0 Å². The number of hydrogen-bond acceptors (Lipinski definition) is 5. The average molecular weight is 346 g/mol. The summed E-state index contributed by atoms with van der Waals surface area (Å²) >= 11 is 0. The Morgan fingerprint density at radius 2 is 2.04 bits per heavy atom. The van der Waals surface area contributed by atoms with E-state index in [1.165, 1.54) is 16.8 Å². The van der Waals surface area contributed by atoms with E-state index in [-0.39, 0.29) is 39.8 Å². The fraction of sp³-hybridized carbons (Fsp3) is 0.235. The molecule has 0 unspecified atom stereocenters. The molecule has 0 bridgehead atoms. The summed E-state index contributed by atoms with van der Waals surface area (Å²) in [6.45, 7) is 6.97. The van der Waals surface area contributed by atoms with E-state index in [0.717, 1.165) is 7.11 Å². The molecule has 2 N–H and O–H groups in total. The van der Waals surface area contributed by atoms with Gasteiger partial charge in [0.25, 0.3) is 0 Å². The quantitative estimate of drug-likeness (QED) is 0.678. The minimum Gasteiger partial charge on any atom is -0.465 e. The van der Waals surface area contributed by atoms with Gasteiger partial charge < -0.3 is 10.5 Å². The number of carbonyl (C=O) groups is 1. The van der Waals surface area contributed by atoms with E-state index >= 15 is 0 Å². The molecule has 0 fully saturated rings. The number of rotatable bonds is 4. The Bertz CT molecular complexity index is 910. The molecule has 25 heavy (non-hydrogen) atoms. The Morgan fingerprint density at radius 1 is 1.40 bits per heavy atom. The van der Waals surface area contributed by atoms with Crippen molar-refractivity contribution in [2.75, 3.05) is 12.8 Å². The molecule has 2 aromatic rings. The van der Waals surface area contributed by atoms with E-state index < -0.39 is 17.6 Å². The summed E-state index contributed by atoms with van der Waals surface area (Å²) in [6.07, 6.45) is 0. The van der Waals surface area contributed by atoms with E-state index in [1.807, 2.05) is 6.07 Å². The lowest BCUT2D eigenvalue weighted by atomic mass is 10.0. The molecule has 0 saturated heterocycles. The van der Waals surface area contributed by atoms with Crippen LogP contribution in [0.4, 0.5) is 14.6 Å². The van der Waals surface area contributed by atoms with Gasteiger partial charge in [0.15, 0.2) is 11.6 Å². The topological polar surface area (TPSA) is 93.9 Å². The number of ether oxygens (including phenoxy) is 1. The van der Waals surface area contributed by atoms with Crippen LogP contribution in [0.3, 0.4) is 0 Å². The van der Waals surface area contributed by atoms with Gasteiger partial charge in [-0.15, -0.1) is 0 Å². The first-order valence-electron chi connectivity index (χ1n) is 7.28. The third kappa shape index (κ3) is 2.96. The Labute approximate surface area is 143 Å². The van der Waals surface area contributed by atoms with Gasteiger partial charge >= 0.3 is 5.97 Å². The number of hydrogen-bond donors (Lipinski definition) is 1. The van der Waals surface area contributed by atoms with Gasteiger partial charge in [0.05, 0.1) is 12.7 Å². The van der Waals surface area contributed by atoms with E-state index in [9.17, 15) is 18.8 Å². The minimum atomic E-state index is -1.28. The Balaban J connectivity index is 2.66. The van der Waals surface area contributed by atoms with E-state index in [4.69, 9.17) is 5.73 Å². The third-order valence-corrected chi connectivity index (χ3v) is 3.64. The normalized spacial score (nSPS) is 10.6. The number of carbonyl (C=O) groups excluding carboxylic acids is 1. The van der Waals surface area contributed by atoms with E-state index in [0.29, 0.717) is 0 Å². The van der Waals surface area contributed by atoms with Crippen molar-refractivity contribution in [3.63, 3.8) is 0 Å². The highest BCUT2D eigenvalue weighted by Gasteiger charge is 2.25. The van der Waals surface area contributed by atoms with Crippen molar-refractivity contribution in [1.29, 1.82) is 5.26 Å². The lowest BCUT2D eigenvalue weighted by Crippen LogP contribution is -2.07. The maximum Gasteiger partial charge on any atom is 0.337 e. The first-order valence-corrected chi connectivity index (χ1v) is 7.28. The number of nitrogen functional groups attached to an aromatic ring is 1. The van der Waals surface area contributed by atoms with Crippen molar-refractivity contribution in [3.8, 4) is 17.3 Å². The molecule has 8 heteroatoms. The van der Waals surface area contributed by atoms with Crippen molar-refractivity contribution in [1.82, 2.24) is 9.78 Å². The zero-order chi connectivity index (χ0) is 18.9. The summed E-state index contributed by atoms with van der Waals surface area (Å²) in [4.78, 5) is 11.5. The Kier molecular flexibility index (Phi) is 4.88. The van der Waals surface area contributed by atoms with Crippen LogP contribution in [-0.2, 0) is 9.53 Å². The first kappa shape index (κ1) is 18.1. The number of methoxy groups -OCH3 is 1. The van der Waals surface area contributed by atoms with E-state index in [1.54, 1.807) is 13.8 Å². The number of anilines is 1. The molecule has 2 rings (SSSR count). The van der Waals surface area contributed by atoms with Gasteiger partial charge in [0, 0.05) is 17.2 Å². The fourth-order valence-corrected chi connectivity index (χ4v) is 2.34. The maximum absolute atomic E-state index is 14.6. The van der Waals surface area contributed by atoms with Crippen LogP contribution < -0.4 is 5.73 Å². The Hall–Kier alpha value is -3.21. The van der Waals surface area contributed by atoms with Gasteiger partial charge in [-0.3, -0.25) is 0 Å². The highest BCUT2D eigenvalue weighted by atomic mass is 19.2. The Morgan fingerprint density at radius 3 is 2.56 bits per heavy atom. The average Bonchev–Trinajstić information content (AvgIpc) is 2.92. The number of nitrogens with zero attached hydrogens (tertiary/aromatic N) is 3. The third-order valence-electron chi connectivity index (χ3n) is 3.64. The SMILES string of the molecule is C=C(C(=O)OC)c1ccc(-c2nn(C(C)C)c(N)c2C#N)c(F)c1F. The molecule has 1 aromatic carbocycles. The second kappa shape index (κ2) is 6.73. The van der Waals surface area contributed by atoms with Gasteiger partial charge in [0.2, 0.25) is 0 Å². The maximum atomic E-state index is 14.6. The molecular formula is C17H16F2N4O2. The summed E-state index contributed by atoms with van der Waals surface area (Å²) in [7, 11) is 1.11. The van der Waals surface area contributed by atoms with Gasteiger partial charge in [-0.25, -0.2) is 18.3 Å². The second-order valence-corrected chi connectivity index (χ2v) is 5.52. The van der Waals surface area contributed by atoms with Crippen LogP contribution in [0.25, 0.3) is 16.8 Å². The molecule has 1 aromatic heterocycles. The number of esters is 1. The summed E-state index contributed by atoms with van der Waals surface area (Å²) in [6, 6.07) is 4.08. The van der Waals surface area contributed by atoms with Crippen LogP contribution in [0.5, 0.6) is 0 Å². The first-order chi connectivity index (χ1) is 11.7. The summed E-state index contributed by atoms with van der Waals surface area (Å²) in [5, 5.41) is 13.4. The number of aromatic nitrogens is 2. The van der Waals surface area contributed by atoms with Gasteiger partial charge in [-0.05, 0) is 19.9 Å². The lowest BCUT2D eigenvalue weighted by Gasteiger charge is -2.09. The molecule has 0 spiro atoms. The molecule has 0 aliphatic carbocycles. The number of halogens is 2. The van der Waals surface area contributed by atoms with Crippen LogP contribution in [0.1, 0.15) is 31.0 Å². The van der Waals surface area contributed by atoms with Crippen molar-refractivity contribution in [3.05, 3.63) is 41.5 Å². The predicted octanol–water partition coefficient (Wildman–Crippen LogP) is 3.05. The molecular weight excluding hydrogens is 330 g/mol. The van der Waals surface area contributed by atoms with Crippen LogP contribution in [0.15, 0.2) is 18.7 Å². The number of benzene rings is 1. The van der Waals surface area contributed by atoms with Crippen molar-refractivity contribution < 1.29 is 18.3 Å². The molecule has 0 aliphatic heterocycles. The summed E-state index contributed by atoms with van der Waals surface area (Å²) < 4.78 is 34.8. The molecule has 6 nitrogen and oxygen atoms in total. The van der Waals surface area contributed by atoms with Crippen molar-refractivity contribution in [2.45, 2.75) is 19.9 Å². The number of nitriles is 1. The van der Waals surface area contributed by atoms with Crippen LogP contribution >= 0.6 is 0 Å². The summed E-state index contributed by atoms with van der Waals surface area (Å²) in [5.41, 5.74) is 4.86. The second-order valence-electron chi connectivity index (χ2n) is 5.52. The largest absolute Gasteiger partial charge is 0.465 e. The fourth-order valence-electron chi connectivity index (χ4n) is 2.34. The van der Waals surface area contributed by atoms with Crippen LogP contribution in [-0.4, -0.2) is 22.9 Å². The van der Waals surface area contributed by atoms with Crippen LogP contribution in [0, 0.1) is 23.0 Å². The van der Waals surface area contributed by atoms with Crippen molar-refractivity contribution >= 4 is 17.4 Å². The zero-order valence-electron chi connectivity index (χ0n) is 13.9. The minimum absolute atomic E-state index is 0.0495. The zero-order valence-corrected chi connectivity index (χ0v) is 13.9. The molecule has 1 heterocycles. The molecule has 0 amide bonds. The molecule has 0 saturated carbocycles. The highest BCUT2D eigenvalue weighted by Crippen LogP contribution is 2.33. The molecule has 130 valence electrons. The van der Waals surface area contributed by atoms with Gasteiger partial charge in [0.1, 0.15) is 23.1 Å². The molecule has 0 atom stereocenters.